The minimum atomic E-state index is 0.122. The molecule has 1 aromatic rings. The van der Waals surface area contributed by atoms with Crippen molar-refractivity contribution in [2.75, 3.05) is 6.54 Å². The lowest BCUT2D eigenvalue weighted by molar-refractivity contribution is 0.197. The summed E-state index contributed by atoms with van der Waals surface area (Å²) < 4.78 is 5.91. The molecule has 0 aliphatic rings. The fourth-order valence-corrected chi connectivity index (χ4v) is 1.63. The molecule has 0 heterocycles. The summed E-state index contributed by atoms with van der Waals surface area (Å²) in [7, 11) is 0. The molecule has 0 spiro atoms. The van der Waals surface area contributed by atoms with Crippen LogP contribution in [0.1, 0.15) is 32.3 Å². The average Bonchev–Trinajstić information content (AvgIpc) is 2.31. The van der Waals surface area contributed by atoms with Gasteiger partial charge in [0.25, 0.3) is 0 Å². The summed E-state index contributed by atoms with van der Waals surface area (Å²) in [6, 6.07) is 8.05. The van der Waals surface area contributed by atoms with Gasteiger partial charge in [-0.3, -0.25) is 0 Å². The van der Waals surface area contributed by atoms with Gasteiger partial charge in [0.1, 0.15) is 11.9 Å². The maximum absolute atomic E-state index is 5.91. The summed E-state index contributed by atoms with van der Waals surface area (Å²) in [5, 5.41) is 0. The first kappa shape index (κ1) is 12.8. The summed E-state index contributed by atoms with van der Waals surface area (Å²) in [5.41, 5.74) is 6.80. The Balaban J connectivity index is 2.78. The smallest absolute Gasteiger partial charge is 0.126 e. The number of para-hydroxylation sites is 1. The van der Waals surface area contributed by atoms with Gasteiger partial charge in [0.2, 0.25) is 0 Å². The first-order chi connectivity index (χ1) is 7.81. The molecule has 0 saturated carbocycles. The van der Waals surface area contributed by atoms with Gasteiger partial charge in [-0.25, -0.2) is 0 Å². The van der Waals surface area contributed by atoms with E-state index in [2.05, 4.69) is 19.1 Å². The summed E-state index contributed by atoms with van der Waals surface area (Å²) in [6.45, 7) is 4.71. The first-order valence-electron chi connectivity index (χ1n) is 5.90. The van der Waals surface area contributed by atoms with E-state index < -0.39 is 0 Å². The van der Waals surface area contributed by atoms with Crippen LogP contribution in [0, 0.1) is 0 Å². The SMILES string of the molecule is C/C=C/c1ccccc1OC(CN)CCC. The maximum atomic E-state index is 5.91. The summed E-state index contributed by atoms with van der Waals surface area (Å²) >= 11 is 0. The Bertz CT molecular complexity index is 333. The van der Waals surface area contributed by atoms with E-state index in [4.69, 9.17) is 10.5 Å². The summed E-state index contributed by atoms with van der Waals surface area (Å²) in [4.78, 5) is 0. The Morgan fingerprint density at radius 3 is 2.75 bits per heavy atom. The second kappa shape index (κ2) is 7.07. The van der Waals surface area contributed by atoms with Crippen molar-refractivity contribution in [2.24, 2.45) is 5.73 Å². The number of nitrogens with two attached hydrogens (primary N) is 1. The molecule has 0 aliphatic carbocycles. The Kier molecular flexibility index (Phi) is 5.65. The van der Waals surface area contributed by atoms with Crippen LogP contribution in [0.25, 0.3) is 6.08 Å². The normalized spacial score (nSPS) is 12.9. The molecule has 16 heavy (non-hydrogen) atoms. The van der Waals surface area contributed by atoms with Gasteiger partial charge in [-0.05, 0) is 19.4 Å². The van der Waals surface area contributed by atoms with Crippen molar-refractivity contribution in [1.29, 1.82) is 0 Å². The van der Waals surface area contributed by atoms with Gasteiger partial charge in [-0.2, -0.15) is 0 Å². The second-order valence-corrected chi connectivity index (χ2v) is 3.80. The van der Waals surface area contributed by atoms with E-state index >= 15 is 0 Å². The van der Waals surface area contributed by atoms with Crippen LogP contribution < -0.4 is 10.5 Å². The quantitative estimate of drug-likeness (QED) is 0.797. The first-order valence-corrected chi connectivity index (χ1v) is 5.90. The van der Waals surface area contributed by atoms with Gasteiger partial charge < -0.3 is 10.5 Å². The van der Waals surface area contributed by atoms with Crippen LogP contribution in [0.5, 0.6) is 5.75 Å². The van der Waals surface area contributed by atoms with Crippen LogP contribution in [-0.2, 0) is 0 Å². The highest BCUT2D eigenvalue weighted by Gasteiger charge is 2.08. The van der Waals surface area contributed by atoms with Crippen LogP contribution >= 0.6 is 0 Å². The van der Waals surface area contributed by atoms with E-state index in [1.807, 2.05) is 31.2 Å². The third-order valence-corrected chi connectivity index (χ3v) is 2.43. The minimum Gasteiger partial charge on any atom is -0.488 e. The fraction of sp³-hybridized carbons (Fsp3) is 0.429. The van der Waals surface area contributed by atoms with Gasteiger partial charge >= 0.3 is 0 Å². The van der Waals surface area contributed by atoms with E-state index in [9.17, 15) is 0 Å². The molecule has 1 atom stereocenters. The zero-order valence-corrected chi connectivity index (χ0v) is 10.1. The maximum Gasteiger partial charge on any atom is 0.126 e. The van der Waals surface area contributed by atoms with E-state index in [1.165, 1.54) is 0 Å². The molecule has 0 fully saturated rings. The van der Waals surface area contributed by atoms with Gasteiger partial charge in [0, 0.05) is 12.1 Å². The van der Waals surface area contributed by atoms with Crippen molar-refractivity contribution in [1.82, 2.24) is 0 Å². The van der Waals surface area contributed by atoms with Crippen LogP contribution in [0.2, 0.25) is 0 Å². The molecule has 2 heteroatoms. The van der Waals surface area contributed by atoms with Crippen LogP contribution in [0.4, 0.5) is 0 Å². The molecular formula is C14H21NO. The van der Waals surface area contributed by atoms with Gasteiger partial charge in [-0.15, -0.1) is 0 Å². The number of benzene rings is 1. The molecule has 1 rings (SSSR count). The Labute approximate surface area is 98.1 Å². The largest absolute Gasteiger partial charge is 0.488 e. The van der Waals surface area contributed by atoms with E-state index in [0.717, 1.165) is 24.2 Å². The van der Waals surface area contributed by atoms with Crippen molar-refractivity contribution in [3.05, 3.63) is 35.9 Å². The van der Waals surface area contributed by atoms with Crippen molar-refractivity contribution in [3.8, 4) is 5.75 Å². The molecule has 1 unspecified atom stereocenters. The molecule has 0 radical (unpaired) electrons. The molecule has 0 aliphatic heterocycles. The van der Waals surface area contributed by atoms with Crippen molar-refractivity contribution >= 4 is 6.08 Å². The molecule has 0 amide bonds. The van der Waals surface area contributed by atoms with Crippen molar-refractivity contribution in [3.63, 3.8) is 0 Å². The lowest BCUT2D eigenvalue weighted by atomic mass is 10.1. The molecule has 1 aromatic carbocycles. The predicted octanol–water partition coefficient (Wildman–Crippen LogP) is 3.23. The average molecular weight is 219 g/mol. The van der Waals surface area contributed by atoms with Crippen molar-refractivity contribution < 1.29 is 4.74 Å². The standard InChI is InChI=1S/C14H21NO/c1-3-7-12-9-5-6-10-14(12)16-13(11-15)8-4-2/h3,5-7,9-10,13H,4,8,11,15H2,1-2H3/b7-3+. The highest BCUT2D eigenvalue weighted by atomic mass is 16.5. The number of rotatable bonds is 6. The zero-order valence-electron chi connectivity index (χ0n) is 10.1. The number of hydrogen-bond acceptors (Lipinski definition) is 2. The van der Waals surface area contributed by atoms with Crippen LogP contribution in [0.3, 0.4) is 0 Å². The molecule has 2 nitrogen and oxygen atoms in total. The molecule has 0 bridgehead atoms. The fourth-order valence-electron chi connectivity index (χ4n) is 1.63. The number of ether oxygens (including phenoxy) is 1. The highest BCUT2D eigenvalue weighted by molar-refractivity contribution is 5.56. The highest BCUT2D eigenvalue weighted by Crippen LogP contribution is 2.21. The van der Waals surface area contributed by atoms with Crippen LogP contribution in [0.15, 0.2) is 30.3 Å². The van der Waals surface area contributed by atoms with E-state index in [1.54, 1.807) is 0 Å². The lowest BCUT2D eigenvalue weighted by Gasteiger charge is -2.18. The zero-order chi connectivity index (χ0) is 11.8. The number of hydrogen-bond donors (Lipinski definition) is 1. The molecule has 88 valence electrons. The monoisotopic (exact) mass is 219 g/mol. The third-order valence-electron chi connectivity index (χ3n) is 2.43. The van der Waals surface area contributed by atoms with Crippen molar-refractivity contribution in [2.45, 2.75) is 32.8 Å². The summed E-state index contributed by atoms with van der Waals surface area (Å²) in [6.07, 6.45) is 6.28. The Hall–Kier alpha value is -1.28. The Morgan fingerprint density at radius 2 is 2.12 bits per heavy atom. The molecule has 0 aromatic heterocycles. The predicted molar refractivity (Wildman–Crippen MR) is 69.5 cm³/mol. The van der Waals surface area contributed by atoms with Gasteiger partial charge in [0.15, 0.2) is 0 Å². The van der Waals surface area contributed by atoms with E-state index in [0.29, 0.717) is 6.54 Å². The molecule has 2 N–H and O–H groups in total. The second-order valence-electron chi connectivity index (χ2n) is 3.80. The summed E-state index contributed by atoms with van der Waals surface area (Å²) in [5.74, 6) is 0.921. The van der Waals surface area contributed by atoms with Gasteiger partial charge in [-0.1, -0.05) is 43.7 Å². The number of allylic oxidation sites excluding steroid dienone is 1. The lowest BCUT2D eigenvalue weighted by Crippen LogP contribution is -2.26. The third kappa shape index (κ3) is 3.70. The van der Waals surface area contributed by atoms with E-state index in [-0.39, 0.29) is 6.10 Å². The van der Waals surface area contributed by atoms with Crippen LogP contribution in [-0.4, -0.2) is 12.6 Å². The minimum absolute atomic E-state index is 0.122. The molecular weight excluding hydrogens is 198 g/mol. The van der Waals surface area contributed by atoms with Gasteiger partial charge in [0.05, 0.1) is 0 Å². The molecule has 0 saturated heterocycles. The Morgan fingerprint density at radius 1 is 1.38 bits per heavy atom. The topological polar surface area (TPSA) is 35.2 Å².